The fourth-order valence-corrected chi connectivity index (χ4v) is 3.02. The fraction of sp³-hybridized carbons (Fsp3) is 0.100. The van der Waals surface area contributed by atoms with E-state index in [9.17, 15) is 0 Å². The molecule has 0 bridgehead atoms. The molecule has 0 aliphatic rings. The number of hydrogen-bond acceptors (Lipinski definition) is 3. The molecule has 0 aliphatic heterocycles. The summed E-state index contributed by atoms with van der Waals surface area (Å²) >= 11 is 30.5. The van der Waals surface area contributed by atoms with E-state index in [4.69, 9.17) is 62.7 Å². The van der Waals surface area contributed by atoms with Crippen LogP contribution >= 0.6 is 69.3 Å². The Morgan fingerprint density at radius 2 is 1.72 bits per heavy atom. The van der Waals surface area contributed by atoms with E-state index >= 15 is 0 Å². The van der Waals surface area contributed by atoms with E-state index in [1.54, 1.807) is 0 Å². The first kappa shape index (κ1) is 14.5. The molecule has 0 aliphatic carbocycles. The van der Waals surface area contributed by atoms with Crippen molar-refractivity contribution in [3.05, 3.63) is 37.2 Å². The zero-order valence-electron chi connectivity index (χ0n) is 8.52. The van der Waals surface area contributed by atoms with Gasteiger partial charge in [0.05, 0.1) is 25.8 Å². The molecule has 2 rings (SSSR count). The Labute approximate surface area is 132 Å². The van der Waals surface area contributed by atoms with Gasteiger partial charge < -0.3 is 4.74 Å². The minimum absolute atomic E-state index is 0.273. The number of alkyl halides is 1. The molecule has 0 radical (unpaired) electrons. The summed E-state index contributed by atoms with van der Waals surface area (Å²) in [6.07, 6.45) is 0. The first-order chi connectivity index (χ1) is 8.51. The first-order valence-corrected chi connectivity index (χ1v) is 7.41. The molecule has 2 aromatic rings. The fourth-order valence-electron chi connectivity index (χ4n) is 1.12. The number of aromatic nitrogens is 1. The lowest BCUT2D eigenvalue weighted by Crippen LogP contribution is -1.85. The van der Waals surface area contributed by atoms with Crippen molar-refractivity contribution in [3.63, 3.8) is 0 Å². The van der Waals surface area contributed by atoms with E-state index in [2.05, 4.69) is 4.98 Å². The van der Waals surface area contributed by atoms with Crippen LogP contribution in [0.4, 0.5) is 0 Å². The van der Waals surface area contributed by atoms with Crippen LogP contribution in [0.3, 0.4) is 0 Å². The van der Waals surface area contributed by atoms with E-state index < -0.39 is 0 Å². The molecule has 1 heterocycles. The van der Waals surface area contributed by atoms with E-state index in [1.807, 2.05) is 0 Å². The Balaban J connectivity index is 2.30. The largest absolute Gasteiger partial charge is 0.429 e. The number of benzene rings is 1. The zero-order chi connectivity index (χ0) is 13.3. The van der Waals surface area contributed by atoms with Crippen molar-refractivity contribution >= 4 is 69.3 Å². The molecule has 8 heteroatoms. The van der Waals surface area contributed by atoms with Crippen molar-refractivity contribution in [2.24, 2.45) is 0 Å². The molecule has 0 N–H and O–H groups in total. The highest BCUT2D eigenvalue weighted by atomic mass is 35.5. The number of rotatable bonds is 3. The van der Waals surface area contributed by atoms with Gasteiger partial charge in [0.15, 0.2) is 5.75 Å². The van der Waals surface area contributed by atoms with Crippen molar-refractivity contribution in [1.29, 1.82) is 0 Å². The van der Waals surface area contributed by atoms with Crippen LogP contribution < -0.4 is 4.74 Å². The first-order valence-electron chi connectivity index (χ1n) is 4.55. The molecule has 0 unspecified atom stereocenters. The molecule has 2 nitrogen and oxygen atoms in total. The standard InChI is InChI=1S/C10H4Cl5NOS/c11-3-8-9(15)16-10(18-8)17-7-2-5(13)4(12)1-6(7)14/h1-2H,3H2. The predicted octanol–water partition coefficient (Wildman–Crippen LogP) is 6.29. The average Bonchev–Trinajstić information content (AvgIpc) is 2.66. The van der Waals surface area contributed by atoms with E-state index in [0.29, 0.717) is 31.2 Å². The van der Waals surface area contributed by atoms with Gasteiger partial charge in [-0.3, -0.25) is 0 Å². The van der Waals surface area contributed by atoms with Crippen LogP contribution in [-0.4, -0.2) is 4.98 Å². The maximum atomic E-state index is 5.98. The third kappa shape index (κ3) is 3.16. The Kier molecular flexibility index (Phi) is 4.86. The van der Waals surface area contributed by atoms with Gasteiger partial charge in [-0.05, 0) is 6.07 Å². The van der Waals surface area contributed by atoms with Crippen LogP contribution in [0.5, 0.6) is 10.9 Å². The molecule has 1 aromatic carbocycles. The van der Waals surface area contributed by atoms with Crippen molar-refractivity contribution in [2.45, 2.75) is 5.88 Å². The number of thiazole rings is 1. The summed E-state index contributed by atoms with van der Waals surface area (Å²) in [6, 6.07) is 3.01. The third-order valence-corrected chi connectivity index (χ3v) is 4.72. The van der Waals surface area contributed by atoms with Gasteiger partial charge in [-0.15, -0.1) is 11.6 Å². The second-order valence-corrected chi connectivity index (χ2v) is 6.02. The number of nitrogens with zero attached hydrogens (tertiary/aromatic N) is 1. The van der Waals surface area contributed by atoms with Crippen molar-refractivity contribution in [2.75, 3.05) is 0 Å². The molecular formula is C10H4Cl5NOS. The Bertz CT molecular complexity index is 586. The van der Waals surface area contributed by atoms with Crippen molar-refractivity contribution in [3.8, 4) is 10.9 Å². The van der Waals surface area contributed by atoms with Gasteiger partial charge in [-0.2, -0.15) is 4.98 Å². The molecular weight excluding hydrogens is 359 g/mol. The summed E-state index contributed by atoms with van der Waals surface area (Å²) in [5, 5.41) is 1.70. The summed E-state index contributed by atoms with van der Waals surface area (Å²) in [5.74, 6) is 0.632. The monoisotopic (exact) mass is 361 g/mol. The van der Waals surface area contributed by atoms with E-state index in [1.165, 1.54) is 23.5 Å². The SMILES string of the molecule is ClCc1sc(Oc2cc(Cl)c(Cl)cc2Cl)nc1Cl. The van der Waals surface area contributed by atoms with Crippen molar-refractivity contribution in [1.82, 2.24) is 4.98 Å². The number of hydrogen-bond donors (Lipinski definition) is 0. The molecule has 96 valence electrons. The molecule has 1 aromatic heterocycles. The van der Waals surface area contributed by atoms with Crippen LogP contribution in [-0.2, 0) is 5.88 Å². The van der Waals surface area contributed by atoms with Gasteiger partial charge in [0.2, 0.25) is 0 Å². The number of ether oxygens (including phenoxy) is 1. The lowest BCUT2D eigenvalue weighted by molar-refractivity contribution is 0.479. The lowest BCUT2D eigenvalue weighted by atomic mass is 10.3. The molecule has 0 amide bonds. The lowest BCUT2D eigenvalue weighted by Gasteiger charge is -2.05. The predicted molar refractivity (Wildman–Crippen MR) is 78.2 cm³/mol. The van der Waals surface area contributed by atoms with Crippen molar-refractivity contribution < 1.29 is 4.74 Å². The highest BCUT2D eigenvalue weighted by Crippen LogP contribution is 2.39. The summed E-state index contributed by atoms with van der Waals surface area (Å²) in [5.41, 5.74) is 0. The normalized spacial score (nSPS) is 10.7. The summed E-state index contributed by atoms with van der Waals surface area (Å²) in [4.78, 5) is 4.74. The van der Waals surface area contributed by atoms with Gasteiger partial charge in [-0.25, -0.2) is 0 Å². The Morgan fingerprint density at radius 3 is 2.33 bits per heavy atom. The van der Waals surface area contributed by atoms with Gasteiger partial charge in [0, 0.05) is 6.07 Å². The van der Waals surface area contributed by atoms with Crippen LogP contribution in [0.1, 0.15) is 4.88 Å². The molecule has 0 saturated carbocycles. The Hall–Kier alpha value is 0.1000. The third-order valence-electron chi connectivity index (χ3n) is 1.92. The quantitative estimate of drug-likeness (QED) is 0.472. The Morgan fingerprint density at radius 1 is 1.06 bits per heavy atom. The minimum atomic E-state index is 0.273. The van der Waals surface area contributed by atoms with E-state index in [0.717, 1.165) is 4.88 Å². The van der Waals surface area contributed by atoms with Gasteiger partial charge in [0.1, 0.15) is 5.15 Å². The summed E-state index contributed by atoms with van der Waals surface area (Å²) in [7, 11) is 0. The summed E-state index contributed by atoms with van der Waals surface area (Å²) in [6.45, 7) is 0. The van der Waals surface area contributed by atoms with Gasteiger partial charge in [-0.1, -0.05) is 57.7 Å². The van der Waals surface area contributed by atoms with Crippen LogP contribution in [0.25, 0.3) is 0 Å². The molecule has 0 saturated heterocycles. The molecule has 0 atom stereocenters. The maximum absolute atomic E-state index is 5.98. The second-order valence-electron chi connectivity index (χ2n) is 3.13. The van der Waals surface area contributed by atoms with Gasteiger partial charge >= 0.3 is 0 Å². The second kappa shape index (κ2) is 6.04. The topological polar surface area (TPSA) is 22.1 Å². The highest BCUT2D eigenvalue weighted by molar-refractivity contribution is 7.14. The maximum Gasteiger partial charge on any atom is 0.280 e. The summed E-state index contributed by atoms with van der Waals surface area (Å²) < 4.78 is 5.50. The highest BCUT2D eigenvalue weighted by Gasteiger charge is 2.13. The molecule has 0 fully saturated rings. The van der Waals surface area contributed by atoms with Crippen LogP contribution in [0.15, 0.2) is 12.1 Å². The van der Waals surface area contributed by atoms with Crippen LogP contribution in [0, 0.1) is 0 Å². The number of halogens is 5. The molecule has 0 spiro atoms. The zero-order valence-corrected chi connectivity index (χ0v) is 13.1. The average molecular weight is 363 g/mol. The van der Waals surface area contributed by atoms with Gasteiger partial charge in [0.25, 0.3) is 5.19 Å². The smallest absolute Gasteiger partial charge is 0.280 e. The van der Waals surface area contributed by atoms with Crippen LogP contribution in [0.2, 0.25) is 20.2 Å². The molecule has 18 heavy (non-hydrogen) atoms. The van der Waals surface area contributed by atoms with E-state index in [-0.39, 0.29) is 5.88 Å². The minimum Gasteiger partial charge on any atom is -0.429 e.